The molecule has 116 valence electrons. The van der Waals surface area contributed by atoms with Gasteiger partial charge in [-0.3, -0.25) is 14.9 Å². The van der Waals surface area contributed by atoms with Gasteiger partial charge >= 0.3 is 0 Å². The number of nitrogens with zero attached hydrogens (tertiary/aromatic N) is 1. The lowest BCUT2D eigenvalue weighted by atomic mass is 9.68. The summed E-state index contributed by atoms with van der Waals surface area (Å²) in [5.74, 6) is 0.418. The van der Waals surface area contributed by atoms with Gasteiger partial charge in [-0.25, -0.2) is 0 Å². The molecule has 3 rings (SSSR count). The predicted octanol–water partition coefficient (Wildman–Crippen LogP) is 3.92. The second kappa shape index (κ2) is 4.66. The fraction of sp³-hybridized carbons (Fsp3) is 0.471. The predicted molar refractivity (Wildman–Crippen MR) is 84.4 cm³/mol. The molecule has 1 aromatic rings. The van der Waals surface area contributed by atoms with Gasteiger partial charge in [0.15, 0.2) is 0 Å². The third-order valence-electron chi connectivity index (χ3n) is 5.64. The third-order valence-corrected chi connectivity index (χ3v) is 5.64. The summed E-state index contributed by atoms with van der Waals surface area (Å²) < 4.78 is 0. The summed E-state index contributed by atoms with van der Waals surface area (Å²) in [6.45, 7) is 8.51. The van der Waals surface area contributed by atoms with Crippen molar-refractivity contribution in [1.82, 2.24) is 0 Å². The van der Waals surface area contributed by atoms with Crippen LogP contribution in [0.1, 0.15) is 33.1 Å². The number of nitrogens with one attached hydrogen (secondary N) is 1. The van der Waals surface area contributed by atoms with Crippen LogP contribution in [0, 0.1) is 26.9 Å². The molecule has 0 radical (unpaired) electrons. The second-order valence-electron chi connectivity index (χ2n) is 6.98. The largest absolute Gasteiger partial charge is 0.325 e. The van der Waals surface area contributed by atoms with E-state index < -0.39 is 10.3 Å². The zero-order valence-corrected chi connectivity index (χ0v) is 12.9. The molecular weight excluding hydrogens is 280 g/mol. The average molecular weight is 300 g/mol. The summed E-state index contributed by atoms with van der Waals surface area (Å²) in [7, 11) is 0. The molecule has 22 heavy (non-hydrogen) atoms. The van der Waals surface area contributed by atoms with Gasteiger partial charge in [0.1, 0.15) is 0 Å². The van der Waals surface area contributed by atoms with Crippen molar-refractivity contribution in [2.45, 2.75) is 33.1 Å². The van der Waals surface area contributed by atoms with E-state index in [4.69, 9.17) is 0 Å². The normalized spacial score (nSPS) is 28.6. The Balaban J connectivity index is 1.85. The SMILES string of the molecule is C=C1C(C)(C)[C@@H]2CC[C@]1(C(=O)Nc1cccc([N+](=O)[O-])c1)C2. The molecule has 0 heterocycles. The zero-order valence-electron chi connectivity index (χ0n) is 12.9. The topological polar surface area (TPSA) is 72.2 Å². The van der Waals surface area contributed by atoms with Crippen LogP contribution in [-0.4, -0.2) is 10.8 Å². The Hall–Kier alpha value is -2.17. The van der Waals surface area contributed by atoms with Crippen LogP contribution in [0.15, 0.2) is 36.4 Å². The Morgan fingerprint density at radius 1 is 1.45 bits per heavy atom. The molecule has 0 spiro atoms. The molecule has 0 aromatic heterocycles. The van der Waals surface area contributed by atoms with Gasteiger partial charge in [-0.2, -0.15) is 0 Å². The first-order chi connectivity index (χ1) is 10.3. The molecule has 2 bridgehead atoms. The molecule has 2 fully saturated rings. The van der Waals surface area contributed by atoms with Crippen LogP contribution in [0.25, 0.3) is 0 Å². The Labute approximate surface area is 129 Å². The van der Waals surface area contributed by atoms with Crippen LogP contribution >= 0.6 is 0 Å². The average Bonchev–Trinajstić information content (AvgIpc) is 2.99. The Kier molecular flexibility index (Phi) is 3.13. The number of carbonyl (C=O) groups excluding carboxylic acids is 1. The van der Waals surface area contributed by atoms with Gasteiger partial charge < -0.3 is 5.32 Å². The van der Waals surface area contributed by atoms with Crippen LogP contribution in [-0.2, 0) is 4.79 Å². The highest BCUT2D eigenvalue weighted by molar-refractivity contribution is 5.98. The number of hydrogen-bond donors (Lipinski definition) is 1. The van der Waals surface area contributed by atoms with Crippen LogP contribution < -0.4 is 5.32 Å². The first-order valence-corrected chi connectivity index (χ1v) is 7.53. The third kappa shape index (κ3) is 1.95. The van der Waals surface area contributed by atoms with E-state index in [0.717, 1.165) is 24.8 Å². The van der Waals surface area contributed by atoms with E-state index in [1.807, 2.05) is 0 Å². The molecular formula is C17H20N2O3. The first-order valence-electron chi connectivity index (χ1n) is 7.53. The van der Waals surface area contributed by atoms with Gasteiger partial charge in [0.25, 0.3) is 5.69 Å². The molecule has 5 nitrogen and oxygen atoms in total. The maximum absolute atomic E-state index is 12.8. The summed E-state index contributed by atoms with van der Waals surface area (Å²) >= 11 is 0. The Morgan fingerprint density at radius 3 is 2.77 bits per heavy atom. The molecule has 0 unspecified atom stereocenters. The highest BCUT2D eigenvalue weighted by Gasteiger charge is 2.60. The van der Waals surface area contributed by atoms with E-state index in [-0.39, 0.29) is 17.0 Å². The van der Waals surface area contributed by atoms with Crippen molar-refractivity contribution in [2.24, 2.45) is 16.7 Å². The Morgan fingerprint density at radius 2 is 2.18 bits per heavy atom. The smallest absolute Gasteiger partial charge is 0.271 e. The molecule has 2 aliphatic rings. The van der Waals surface area contributed by atoms with Crippen molar-refractivity contribution in [3.05, 3.63) is 46.5 Å². The van der Waals surface area contributed by atoms with E-state index >= 15 is 0 Å². The molecule has 1 amide bonds. The van der Waals surface area contributed by atoms with Gasteiger partial charge in [-0.15, -0.1) is 0 Å². The van der Waals surface area contributed by atoms with Crippen molar-refractivity contribution in [2.75, 3.05) is 5.32 Å². The van der Waals surface area contributed by atoms with Gasteiger partial charge in [-0.1, -0.05) is 32.1 Å². The lowest BCUT2D eigenvalue weighted by molar-refractivity contribution is -0.384. The monoisotopic (exact) mass is 300 g/mol. The van der Waals surface area contributed by atoms with E-state index in [1.165, 1.54) is 12.1 Å². The van der Waals surface area contributed by atoms with Crippen molar-refractivity contribution in [3.63, 3.8) is 0 Å². The quantitative estimate of drug-likeness (QED) is 0.522. The van der Waals surface area contributed by atoms with Crippen LogP contribution in [0.5, 0.6) is 0 Å². The van der Waals surface area contributed by atoms with E-state index in [2.05, 4.69) is 25.7 Å². The van der Waals surface area contributed by atoms with Gasteiger partial charge in [0, 0.05) is 17.8 Å². The number of carbonyl (C=O) groups is 1. The lowest BCUT2D eigenvalue weighted by Gasteiger charge is -2.37. The van der Waals surface area contributed by atoms with E-state index in [1.54, 1.807) is 12.1 Å². The molecule has 2 aliphatic carbocycles. The van der Waals surface area contributed by atoms with E-state index in [0.29, 0.717) is 11.6 Å². The van der Waals surface area contributed by atoms with Crippen molar-refractivity contribution < 1.29 is 9.72 Å². The number of non-ortho nitro benzene ring substituents is 1. The number of benzene rings is 1. The van der Waals surface area contributed by atoms with Gasteiger partial charge in [0.05, 0.1) is 10.3 Å². The van der Waals surface area contributed by atoms with Gasteiger partial charge in [0.2, 0.25) is 5.91 Å². The minimum absolute atomic E-state index is 0.0156. The molecule has 1 aromatic carbocycles. The van der Waals surface area contributed by atoms with Crippen molar-refractivity contribution >= 4 is 17.3 Å². The van der Waals surface area contributed by atoms with Crippen molar-refractivity contribution in [3.8, 4) is 0 Å². The van der Waals surface area contributed by atoms with Crippen molar-refractivity contribution in [1.29, 1.82) is 0 Å². The maximum Gasteiger partial charge on any atom is 0.271 e. The molecule has 1 N–H and O–H groups in total. The number of nitro groups is 1. The fourth-order valence-corrected chi connectivity index (χ4v) is 4.09. The number of rotatable bonds is 3. The van der Waals surface area contributed by atoms with Crippen LogP contribution in [0.4, 0.5) is 11.4 Å². The maximum atomic E-state index is 12.8. The van der Waals surface area contributed by atoms with Crippen LogP contribution in [0.3, 0.4) is 0 Å². The van der Waals surface area contributed by atoms with Gasteiger partial charge in [-0.05, 0) is 36.7 Å². The standard InChI is InChI=1S/C17H20N2O3/c1-11-16(2,3)12-7-8-17(11,10-12)15(20)18-13-5-4-6-14(9-13)19(21)22/h4-6,9,12H,1,7-8,10H2,2-3H3,(H,18,20)/t12-,17+/m1/s1. The number of fused-ring (bicyclic) bond motifs is 2. The number of hydrogen-bond acceptors (Lipinski definition) is 3. The lowest BCUT2D eigenvalue weighted by Crippen LogP contribution is -2.37. The fourth-order valence-electron chi connectivity index (χ4n) is 4.09. The first kappa shape index (κ1) is 14.8. The molecule has 2 saturated carbocycles. The van der Waals surface area contributed by atoms with Crippen LogP contribution in [0.2, 0.25) is 0 Å². The number of anilines is 1. The highest BCUT2D eigenvalue weighted by Crippen LogP contribution is 2.65. The number of nitro benzene ring substituents is 1. The summed E-state index contributed by atoms with van der Waals surface area (Å²) in [4.78, 5) is 23.2. The summed E-state index contributed by atoms with van der Waals surface area (Å²) in [6, 6.07) is 6.06. The highest BCUT2D eigenvalue weighted by atomic mass is 16.6. The molecule has 2 atom stereocenters. The minimum Gasteiger partial charge on any atom is -0.325 e. The molecule has 5 heteroatoms. The molecule has 0 aliphatic heterocycles. The number of amides is 1. The summed E-state index contributed by atoms with van der Waals surface area (Å²) in [6.07, 6.45) is 2.69. The Bertz CT molecular complexity index is 680. The second-order valence-corrected chi connectivity index (χ2v) is 6.98. The minimum atomic E-state index is -0.515. The molecule has 0 saturated heterocycles. The summed E-state index contributed by atoms with van der Waals surface area (Å²) in [5, 5.41) is 13.7. The van der Waals surface area contributed by atoms with E-state index in [9.17, 15) is 14.9 Å². The summed E-state index contributed by atoms with van der Waals surface area (Å²) in [5.41, 5.74) is 0.913. The zero-order chi connectivity index (χ0) is 16.1.